The van der Waals surface area contributed by atoms with E-state index in [2.05, 4.69) is 38.5 Å². The van der Waals surface area contributed by atoms with E-state index in [0.717, 1.165) is 12.1 Å². The van der Waals surface area contributed by atoms with E-state index in [1.807, 2.05) is 4.90 Å². The summed E-state index contributed by atoms with van der Waals surface area (Å²) in [4.78, 5) is 1.87. The zero-order valence-corrected chi connectivity index (χ0v) is 11.1. The van der Waals surface area contributed by atoms with Crippen LogP contribution >= 0.6 is 0 Å². The molecule has 18 heavy (non-hydrogen) atoms. The zero-order valence-electron chi connectivity index (χ0n) is 11.1. The number of β-amino-alcohol motifs (C(OH)–C–C–N with tert-alkyl or cyclic N) is 1. The first-order chi connectivity index (χ1) is 8.61. The monoisotopic (exact) mass is 248 g/mol. The van der Waals surface area contributed by atoms with E-state index in [-0.39, 0.29) is 6.61 Å². The Morgan fingerprint density at radius 2 is 2.17 bits per heavy atom. The van der Waals surface area contributed by atoms with Gasteiger partial charge in [0.25, 0.3) is 0 Å². The highest BCUT2D eigenvalue weighted by molar-refractivity contribution is 5.60. The van der Waals surface area contributed by atoms with Crippen LogP contribution in [0.25, 0.3) is 0 Å². The van der Waals surface area contributed by atoms with E-state index in [9.17, 15) is 5.11 Å². The highest BCUT2D eigenvalue weighted by Crippen LogP contribution is 2.32. The lowest BCUT2D eigenvalue weighted by molar-refractivity contribution is 0.156. The Morgan fingerprint density at radius 3 is 2.83 bits per heavy atom. The third kappa shape index (κ3) is 2.85. The summed E-state index contributed by atoms with van der Waals surface area (Å²) in [6.07, 6.45) is 3.26. The van der Waals surface area contributed by atoms with Crippen molar-refractivity contribution in [3.8, 4) is 0 Å². The molecule has 3 heteroatoms. The molecule has 0 saturated carbocycles. The molecule has 0 fully saturated rings. The molecule has 1 atom stereocenters. The third-order valence-corrected chi connectivity index (χ3v) is 3.29. The molecule has 0 aromatic heterocycles. The van der Waals surface area contributed by atoms with Gasteiger partial charge >= 0.3 is 0 Å². The van der Waals surface area contributed by atoms with Crippen LogP contribution in [0.4, 0.5) is 5.69 Å². The molecule has 2 N–H and O–H groups in total. The van der Waals surface area contributed by atoms with Crippen molar-refractivity contribution < 1.29 is 10.2 Å². The summed E-state index contributed by atoms with van der Waals surface area (Å²) >= 11 is 0. The number of rotatable bonds is 4. The number of aliphatic hydroxyl groups is 2. The van der Waals surface area contributed by atoms with Gasteiger partial charge in [-0.3, -0.25) is 0 Å². The minimum atomic E-state index is -0.513. The first-order valence-electron chi connectivity index (χ1n) is 6.63. The summed E-state index contributed by atoms with van der Waals surface area (Å²) in [5, 5.41) is 19.0. The van der Waals surface area contributed by atoms with E-state index >= 15 is 0 Å². The van der Waals surface area contributed by atoms with Crippen LogP contribution in [0, 0.1) is 12.3 Å². The average Bonchev–Trinajstić information content (AvgIpc) is 2.32. The normalized spacial score (nSPS) is 19.2. The zero-order chi connectivity index (χ0) is 13.1. The predicted molar refractivity (Wildman–Crippen MR) is 73.4 cm³/mol. The fraction of sp³-hybridized carbons (Fsp3) is 0.533. The summed E-state index contributed by atoms with van der Waals surface area (Å²) < 4.78 is 0. The third-order valence-electron chi connectivity index (χ3n) is 3.29. The molecule has 1 heterocycles. The van der Waals surface area contributed by atoms with Crippen molar-refractivity contribution in [1.29, 1.82) is 0 Å². The minimum Gasteiger partial charge on any atom is -0.395 e. The van der Waals surface area contributed by atoms with E-state index in [4.69, 9.17) is 5.11 Å². The van der Waals surface area contributed by atoms with Gasteiger partial charge in [0.15, 0.2) is 0 Å². The Bertz CT molecular complexity index is 403. The maximum atomic E-state index is 9.95. The second-order valence-corrected chi connectivity index (χ2v) is 5.33. The topological polar surface area (TPSA) is 43.7 Å². The molecule has 0 bridgehead atoms. The van der Waals surface area contributed by atoms with Crippen LogP contribution < -0.4 is 4.90 Å². The van der Waals surface area contributed by atoms with Crippen LogP contribution in [0.15, 0.2) is 18.2 Å². The second kappa shape index (κ2) is 5.72. The molecule has 1 aliphatic heterocycles. The Labute approximate surface area is 109 Å². The Balaban J connectivity index is 2.25. The predicted octanol–water partition coefficient (Wildman–Crippen LogP) is 1.96. The largest absolute Gasteiger partial charge is 0.395 e. The summed E-state index contributed by atoms with van der Waals surface area (Å²) in [5.74, 6) is 0.644. The molecule has 1 aliphatic rings. The van der Waals surface area contributed by atoms with Crippen molar-refractivity contribution in [2.75, 3.05) is 18.1 Å². The molecule has 0 saturated heterocycles. The maximum absolute atomic E-state index is 9.95. The van der Waals surface area contributed by atoms with E-state index in [1.165, 1.54) is 11.1 Å². The summed E-state index contributed by atoms with van der Waals surface area (Å²) in [7, 11) is 0. The molecule has 1 aromatic carbocycles. The Kier molecular flexibility index (Phi) is 4.25. The van der Waals surface area contributed by atoms with E-state index in [0.29, 0.717) is 18.9 Å². The first-order valence-corrected chi connectivity index (χ1v) is 6.63. The summed E-state index contributed by atoms with van der Waals surface area (Å²) in [6.45, 7) is 4.96. The molecule has 1 unspecified atom stereocenters. The van der Waals surface area contributed by atoms with Gasteiger partial charge in [0.1, 0.15) is 6.23 Å². The fourth-order valence-electron chi connectivity index (χ4n) is 2.52. The molecule has 0 aliphatic carbocycles. The minimum absolute atomic E-state index is 0.0598. The number of hydrogen-bond donors (Lipinski definition) is 2. The molecular weight excluding hydrogens is 226 g/mol. The van der Waals surface area contributed by atoms with Crippen LogP contribution in [0.1, 0.15) is 31.4 Å². The molecule has 2 rings (SSSR count). The van der Waals surface area contributed by atoms with Crippen LogP contribution in [-0.4, -0.2) is 29.6 Å². The lowest BCUT2D eigenvalue weighted by Crippen LogP contribution is -2.40. The van der Waals surface area contributed by atoms with Crippen molar-refractivity contribution in [2.45, 2.75) is 32.9 Å². The number of aliphatic hydroxyl groups excluding tert-OH is 2. The number of nitrogens with zero attached hydrogens (tertiary/aromatic N) is 1. The van der Waals surface area contributed by atoms with Crippen molar-refractivity contribution in [2.24, 2.45) is 5.92 Å². The number of hydrogen-bond acceptors (Lipinski definition) is 3. The first kappa shape index (κ1) is 13.4. The van der Waals surface area contributed by atoms with Crippen molar-refractivity contribution in [1.82, 2.24) is 0 Å². The fourth-order valence-corrected chi connectivity index (χ4v) is 2.52. The molecule has 1 radical (unpaired) electrons. The van der Waals surface area contributed by atoms with Gasteiger partial charge < -0.3 is 15.1 Å². The van der Waals surface area contributed by atoms with E-state index < -0.39 is 6.23 Å². The van der Waals surface area contributed by atoms with Crippen molar-refractivity contribution in [3.63, 3.8) is 0 Å². The van der Waals surface area contributed by atoms with Gasteiger partial charge in [0, 0.05) is 12.2 Å². The molecule has 1 aromatic rings. The van der Waals surface area contributed by atoms with Gasteiger partial charge in [0.05, 0.1) is 6.61 Å². The number of anilines is 1. The van der Waals surface area contributed by atoms with Gasteiger partial charge in [0.2, 0.25) is 0 Å². The van der Waals surface area contributed by atoms with Gasteiger partial charge in [-0.05, 0) is 42.4 Å². The average molecular weight is 248 g/mol. The lowest BCUT2D eigenvalue weighted by atomic mass is 9.95. The van der Waals surface area contributed by atoms with Gasteiger partial charge in [-0.1, -0.05) is 26.0 Å². The SMILES string of the molecule is CC(C)Cc1ccc2c(c1)[CH]CC(O)N2CCO. The van der Waals surface area contributed by atoms with Crippen molar-refractivity contribution >= 4 is 5.69 Å². The summed E-state index contributed by atoms with van der Waals surface area (Å²) in [6, 6.07) is 6.38. The smallest absolute Gasteiger partial charge is 0.127 e. The molecule has 0 spiro atoms. The highest BCUT2D eigenvalue weighted by atomic mass is 16.3. The van der Waals surface area contributed by atoms with Crippen LogP contribution in [0.2, 0.25) is 0 Å². The number of fused-ring (bicyclic) bond motifs is 1. The Hall–Kier alpha value is -1.06. The molecule has 0 amide bonds. The second-order valence-electron chi connectivity index (χ2n) is 5.33. The molecule has 99 valence electrons. The van der Waals surface area contributed by atoms with Crippen molar-refractivity contribution in [3.05, 3.63) is 35.7 Å². The molecular formula is C15H22NO2. The maximum Gasteiger partial charge on any atom is 0.127 e. The van der Waals surface area contributed by atoms with Gasteiger partial charge in [-0.2, -0.15) is 0 Å². The van der Waals surface area contributed by atoms with Crippen LogP contribution in [0.5, 0.6) is 0 Å². The highest BCUT2D eigenvalue weighted by Gasteiger charge is 2.24. The molecule has 3 nitrogen and oxygen atoms in total. The quantitative estimate of drug-likeness (QED) is 0.856. The Morgan fingerprint density at radius 1 is 1.39 bits per heavy atom. The summed E-state index contributed by atoms with van der Waals surface area (Å²) in [5.41, 5.74) is 3.53. The van der Waals surface area contributed by atoms with Gasteiger partial charge in [-0.25, -0.2) is 0 Å². The standard InChI is InChI=1S/C15H22NO2/c1-11(2)9-12-3-5-14-13(10-12)4-6-15(18)16(14)7-8-17/h3-5,10-11,15,17-18H,6-9H2,1-2H3. The number of benzene rings is 1. The van der Waals surface area contributed by atoms with Crippen LogP contribution in [0.3, 0.4) is 0 Å². The lowest BCUT2D eigenvalue weighted by Gasteiger charge is -2.35. The van der Waals surface area contributed by atoms with E-state index in [1.54, 1.807) is 0 Å². The van der Waals surface area contributed by atoms with Crippen LogP contribution in [-0.2, 0) is 6.42 Å². The van der Waals surface area contributed by atoms with Gasteiger partial charge in [-0.15, -0.1) is 0 Å².